The Balaban J connectivity index is 2.10. The lowest BCUT2D eigenvalue weighted by Gasteiger charge is -2.03. The van der Waals surface area contributed by atoms with Crippen LogP contribution in [0.3, 0.4) is 0 Å². The normalized spacial score (nSPS) is 10.2. The first-order chi connectivity index (χ1) is 8.15. The summed E-state index contributed by atoms with van der Waals surface area (Å²) in [4.78, 5) is 14.9. The lowest BCUT2D eigenvalue weighted by Crippen LogP contribution is -2.19. The van der Waals surface area contributed by atoms with Crippen molar-refractivity contribution in [2.75, 3.05) is 6.61 Å². The first kappa shape index (κ1) is 11.6. The largest absolute Gasteiger partial charge is 0.484 e. The Hall–Kier alpha value is -1.88. The van der Waals surface area contributed by atoms with Gasteiger partial charge in [-0.15, -0.1) is 11.3 Å². The maximum absolute atomic E-state index is 10.6. The van der Waals surface area contributed by atoms with Crippen LogP contribution in [0, 0.1) is 6.92 Å². The third kappa shape index (κ3) is 3.04. The fraction of sp³-hybridized carbons (Fsp3) is 0.167. The second-order valence-corrected chi connectivity index (χ2v) is 4.43. The molecule has 0 spiro atoms. The molecule has 0 saturated heterocycles. The molecule has 0 aliphatic carbocycles. The Morgan fingerprint density at radius 1 is 1.41 bits per heavy atom. The first-order valence-electron chi connectivity index (χ1n) is 5.09. The maximum atomic E-state index is 10.6. The number of aryl methyl sites for hydroxylation is 1. The van der Waals surface area contributed by atoms with Crippen molar-refractivity contribution < 1.29 is 9.53 Å². The number of carbonyl (C=O) groups is 1. The molecule has 0 aliphatic heterocycles. The third-order valence-electron chi connectivity index (χ3n) is 2.10. The number of rotatable bonds is 4. The van der Waals surface area contributed by atoms with Crippen molar-refractivity contribution >= 4 is 17.2 Å². The number of benzene rings is 1. The summed E-state index contributed by atoms with van der Waals surface area (Å²) >= 11 is 1.60. The van der Waals surface area contributed by atoms with E-state index in [1.807, 2.05) is 24.4 Å². The van der Waals surface area contributed by atoms with Crippen molar-refractivity contribution in [3.05, 3.63) is 35.3 Å². The number of nitrogens with zero attached hydrogens (tertiary/aromatic N) is 1. The predicted molar refractivity (Wildman–Crippen MR) is 67.0 cm³/mol. The molecular weight excluding hydrogens is 236 g/mol. The molecule has 0 fully saturated rings. The van der Waals surface area contributed by atoms with Crippen LogP contribution in [0.15, 0.2) is 29.6 Å². The number of aromatic nitrogens is 1. The van der Waals surface area contributed by atoms with Gasteiger partial charge in [0.15, 0.2) is 6.61 Å². The van der Waals surface area contributed by atoms with Crippen molar-refractivity contribution in [1.29, 1.82) is 0 Å². The topological polar surface area (TPSA) is 65.2 Å². The zero-order valence-corrected chi connectivity index (χ0v) is 10.2. The van der Waals surface area contributed by atoms with E-state index >= 15 is 0 Å². The fourth-order valence-electron chi connectivity index (χ4n) is 1.33. The monoisotopic (exact) mass is 248 g/mol. The average molecular weight is 248 g/mol. The summed E-state index contributed by atoms with van der Waals surface area (Å²) in [5.74, 6) is 0.144. The van der Waals surface area contributed by atoms with Crippen LogP contribution in [0.2, 0.25) is 0 Å². The molecule has 88 valence electrons. The number of amides is 1. The van der Waals surface area contributed by atoms with Crippen LogP contribution in [0.25, 0.3) is 10.6 Å². The van der Waals surface area contributed by atoms with Crippen LogP contribution < -0.4 is 10.5 Å². The molecule has 0 aliphatic rings. The Labute approximate surface area is 103 Å². The number of nitrogens with two attached hydrogens (primary N) is 1. The number of carbonyl (C=O) groups excluding carboxylic acids is 1. The molecule has 2 aromatic rings. The summed E-state index contributed by atoms with van der Waals surface area (Å²) in [6, 6.07) is 7.42. The lowest BCUT2D eigenvalue weighted by atomic mass is 10.2. The molecule has 17 heavy (non-hydrogen) atoms. The Bertz CT molecular complexity index is 520. The van der Waals surface area contributed by atoms with Crippen molar-refractivity contribution in [3.63, 3.8) is 0 Å². The van der Waals surface area contributed by atoms with E-state index in [1.54, 1.807) is 23.5 Å². The number of primary amides is 1. The van der Waals surface area contributed by atoms with E-state index in [2.05, 4.69) is 4.98 Å². The number of hydrogen-bond acceptors (Lipinski definition) is 4. The van der Waals surface area contributed by atoms with Gasteiger partial charge in [-0.2, -0.15) is 0 Å². The minimum Gasteiger partial charge on any atom is -0.484 e. The van der Waals surface area contributed by atoms with Gasteiger partial charge < -0.3 is 10.5 Å². The average Bonchev–Trinajstić information content (AvgIpc) is 2.74. The minimum absolute atomic E-state index is 0.101. The first-order valence-corrected chi connectivity index (χ1v) is 5.97. The van der Waals surface area contributed by atoms with E-state index < -0.39 is 5.91 Å². The standard InChI is InChI=1S/C12H12N2O2S/c1-8-7-17-12(14-8)9-2-4-10(5-3-9)16-6-11(13)15/h2-5,7H,6H2,1H3,(H2,13,15). The second-order valence-electron chi connectivity index (χ2n) is 3.57. The van der Waals surface area contributed by atoms with Gasteiger partial charge in [0.2, 0.25) is 0 Å². The zero-order valence-electron chi connectivity index (χ0n) is 9.34. The fourth-order valence-corrected chi connectivity index (χ4v) is 2.14. The molecule has 4 nitrogen and oxygen atoms in total. The lowest BCUT2D eigenvalue weighted by molar-refractivity contribution is -0.119. The van der Waals surface area contributed by atoms with Gasteiger partial charge in [0, 0.05) is 16.6 Å². The number of thiazole rings is 1. The van der Waals surface area contributed by atoms with E-state index in [-0.39, 0.29) is 6.61 Å². The van der Waals surface area contributed by atoms with Gasteiger partial charge in [0.25, 0.3) is 5.91 Å². The van der Waals surface area contributed by atoms with Gasteiger partial charge in [0.1, 0.15) is 10.8 Å². The van der Waals surface area contributed by atoms with Gasteiger partial charge in [-0.25, -0.2) is 4.98 Å². The molecule has 0 unspecified atom stereocenters. The molecule has 1 amide bonds. The molecule has 0 radical (unpaired) electrons. The van der Waals surface area contributed by atoms with Gasteiger partial charge in [-0.05, 0) is 31.2 Å². The highest BCUT2D eigenvalue weighted by atomic mass is 32.1. The zero-order chi connectivity index (χ0) is 12.3. The van der Waals surface area contributed by atoms with Crippen molar-refractivity contribution in [1.82, 2.24) is 4.98 Å². The van der Waals surface area contributed by atoms with E-state index in [0.29, 0.717) is 5.75 Å². The van der Waals surface area contributed by atoms with Crippen LogP contribution >= 0.6 is 11.3 Å². The summed E-state index contributed by atoms with van der Waals surface area (Å²) < 4.78 is 5.17. The van der Waals surface area contributed by atoms with Crippen molar-refractivity contribution in [2.45, 2.75) is 6.92 Å². The molecule has 0 saturated carbocycles. The highest BCUT2D eigenvalue weighted by molar-refractivity contribution is 7.13. The quantitative estimate of drug-likeness (QED) is 0.899. The molecule has 0 bridgehead atoms. The number of ether oxygens (including phenoxy) is 1. The predicted octanol–water partition coefficient (Wildman–Crippen LogP) is 1.98. The third-order valence-corrected chi connectivity index (χ3v) is 3.11. The van der Waals surface area contributed by atoms with Gasteiger partial charge in [0.05, 0.1) is 0 Å². The minimum atomic E-state index is -0.482. The Kier molecular flexibility index (Phi) is 3.39. The maximum Gasteiger partial charge on any atom is 0.255 e. The second kappa shape index (κ2) is 4.97. The van der Waals surface area contributed by atoms with Crippen LogP contribution in [-0.2, 0) is 4.79 Å². The smallest absolute Gasteiger partial charge is 0.255 e. The van der Waals surface area contributed by atoms with Crippen LogP contribution in [-0.4, -0.2) is 17.5 Å². The van der Waals surface area contributed by atoms with Crippen LogP contribution in [0.5, 0.6) is 5.75 Å². The van der Waals surface area contributed by atoms with E-state index in [1.165, 1.54) is 0 Å². The molecular formula is C12H12N2O2S. The van der Waals surface area contributed by atoms with Crippen LogP contribution in [0.4, 0.5) is 0 Å². The SMILES string of the molecule is Cc1csc(-c2ccc(OCC(N)=O)cc2)n1. The Morgan fingerprint density at radius 2 is 2.12 bits per heavy atom. The van der Waals surface area contributed by atoms with E-state index in [0.717, 1.165) is 16.3 Å². The van der Waals surface area contributed by atoms with E-state index in [9.17, 15) is 4.79 Å². The molecule has 2 N–H and O–H groups in total. The summed E-state index contributed by atoms with van der Waals surface area (Å²) in [6.45, 7) is 1.86. The number of hydrogen-bond donors (Lipinski definition) is 1. The summed E-state index contributed by atoms with van der Waals surface area (Å²) in [7, 11) is 0. The Morgan fingerprint density at radius 3 is 2.65 bits per heavy atom. The molecule has 2 rings (SSSR count). The van der Waals surface area contributed by atoms with Crippen molar-refractivity contribution in [3.8, 4) is 16.3 Å². The van der Waals surface area contributed by atoms with Gasteiger partial charge in [-0.3, -0.25) is 4.79 Å². The summed E-state index contributed by atoms with van der Waals surface area (Å²) in [5, 5.41) is 2.98. The molecule has 0 atom stereocenters. The highest BCUT2D eigenvalue weighted by Gasteiger charge is 2.03. The summed E-state index contributed by atoms with van der Waals surface area (Å²) in [6.07, 6.45) is 0. The summed E-state index contributed by atoms with van der Waals surface area (Å²) in [5.41, 5.74) is 7.04. The van der Waals surface area contributed by atoms with Gasteiger partial charge in [-0.1, -0.05) is 0 Å². The molecule has 5 heteroatoms. The molecule has 1 aromatic carbocycles. The van der Waals surface area contributed by atoms with E-state index in [4.69, 9.17) is 10.5 Å². The van der Waals surface area contributed by atoms with Gasteiger partial charge >= 0.3 is 0 Å². The molecule has 1 aromatic heterocycles. The molecule has 1 heterocycles. The van der Waals surface area contributed by atoms with Crippen LogP contribution in [0.1, 0.15) is 5.69 Å². The highest BCUT2D eigenvalue weighted by Crippen LogP contribution is 2.25. The van der Waals surface area contributed by atoms with Crippen molar-refractivity contribution in [2.24, 2.45) is 5.73 Å².